The maximum atomic E-state index is 5.69. The molecule has 0 aliphatic heterocycles. The zero-order valence-corrected chi connectivity index (χ0v) is 8.49. The molecule has 3 aromatic rings. The van der Waals surface area contributed by atoms with Crippen LogP contribution in [0.5, 0.6) is 0 Å². The van der Waals surface area contributed by atoms with Crippen molar-refractivity contribution in [1.29, 1.82) is 0 Å². The van der Waals surface area contributed by atoms with Crippen LogP contribution in [0.25, 0.3) is 21.2 Å². The van der Waals surface area contributed by atoms with E-state index in [0.717, 1.165) is 21.2 Å². The molecule has 0 atom stereocenters. The Labute approximate surface area is 89.5 Å². The van der Waals surface area contributed by atoms with Gasteiger partial charge in [-0.1, -0.05) is 23.4 Å². The average Bonchev–Trinajstić information content (AvgIpc) is 2.85. The molecule has 15 heavy (non-hydrogen) atoms. The fourth-order valence-electron chi connectivity index (χ4n) is 1.56. The summed E-state index contributed by atoms with van der Waals surface area (Å²) in [4.78, 5) is 0. The minimum Gasteiger partial charge on any atom is -0.367 e. The molecular weight excluding hydrogens is 210 g/mol. The molecule has 0 saturated heterocycles. The van der Waals surface area contributed by atoms with Crippen molar-refractivity contribution in [3.63, 3.8) is 0 Å². The van der Waals surface area contributed by atoms with Crippen molar-refractivity contribution in [3.05, 3.63) is 30.6 Å². The molecule has 74 valence electrons. The summed E-state index contributed by atoms with van der Waals surface area (Å²) < 4.78 is 10.1. The van der Waals surface area contributed by atoms with E-state index in [4.69, 9.17) is 10.3 Å². The Hall–Kier alpha value is -1.88. The van der Waals surface area contributed by atoms with Gasteiger partial charge in [0, 0.05) is 17.1 Å². The van der Waals surface area contributed by atoms with Crippen molar-refractivity contribution in [2.45, 2.75) is 0 Å². The molecule has 2 N–H and O–H groups in total. The van der Waals surface area contributed by atoms with Crippen molar-refractivity contribution in [1.82, 2.24) is 9.53 Å². The summed E-state index contributed by atoms with van der Waals surface area (Å²) in [5, 5.41) is 4.78. The van der Waals surface area contributed by atoms with E-state index in [1.807, 2.05) is 24.4 Å². The number of aromatic nitrogens is 2. The maximum Gasteiger partial charge on any atom is 0.230 e. The third-order valence-electron chi connectivity index (χ3n) is 2.27. The maximum absolute atomic E-state index is 5.69. The molecule has 0 aliphatic carbocycles. The van der Waals surface area contributed by atoms with Gasteiger partial charge in [0.25, 0.3) is 0 Å². The van der Waals surface area contributed by atoms with Crippen LogP contribution in [0.4, 0.5) is 5.88 Å². The van der Waals surface area contributed by atoms with Gasteiger partial charge in [0.2, 0.25) is 5.88 Å². The van der Waals surface area contributed by atoms with E-state index in [9.17, 15) is 0 Å². The van der Waals surface area contributed by atoms with Crippen LogP contribution in [0.1, 0.15) is 0 Å². The number of fused-ring (bicyclic) bond motifs is 1. The first-order valence-corrected chi connectivity index (χ1v) is 5.17. The Bertz CT molecular complexity index is 614. The molecule has 2 aromatic heterocycles. The second-order valence-corrected chi connectivity index (χ2v) is 3.96. The quantitative estimate of drug-likeness (QED) is 0.680. The zero-order valence-electron chi connectivity index (χ0n) is 7.68. The van der Waals surface area contributed by atoms with Crippen LogP contribution in [0.15, 0.2) is 35.1 Å². The summed E-state index contributed by atoms with van der Waals surface area (Å²) in [6.07, 6.45) is 3.47. The normalized spacial score (nSPS) is 10.9. The highest BCUT2D eigenvalue weighted by molar-refractivity contribution is 7.13. The second-order valence-electron chi connectivity index (χ2n) is 3.15. The third-order valence-corrected chi connectivity index (χ3v) is 3.12. The van der Waals surface area contributed by atoms with E-state index in [-0.39, 0.29) is 0 Å². The Morgan fingerprint density at radius 1 is 1.20 bits per heavy atom. The molecule has 0 amide bonds. The summed E-state index contributed by atoms with van der Waals surface area (Å²) in [6, 6.07) is 5.98. The van der Waals surface area contributed by atoms with Gasteiger partial charge < -0.3 is 10.3 Å². The first-order chi connectivity index (χ1) is 7.36. The summed E-state index contributed by atoms with van der Waals surface area (Å²) in [6.45, 7) is 0. The minimum absolute atomic E-state index is 0.343. The standard InChI is InChI=1S/C10H7N3OS/c11-10-8(5-12-14-10)7-3-1-2-6-4-13-15-9(6)7/h1-5H,11H2. The predicted octanol–water partition coefficient (Wildman–Crippen LogP) is 2.53. The van der Waals surface area contributed by atoms with E-state index >= 15 is 0 Å². The topological polar surface area (TPSA) is 64.9 Å². The fraction of sp³-hybridized carbons (Fsp3) is 0. The predicted molar refractivity (Wildman–Crippen MR) is 59.5 cm³/mol. The SMILES string of the molecule is Nc1oncc1-c1cccc2cnsc12. The van der Waals surface area contributed by atoms with Gasteiger partial charge >= 0.3 is 0 Å². The summed E-state index contributed by atoms with van der Waals surface area (Å²) in [7, 11) is 0. The van der Waals surface area contributed by atoms with Crippen LogP contribution in [0.3, 0.4) is 0 Å². The number of hydrogen-bond donors (Lipinski definition) is 1. The van der Waals surface area contributed by atoms with Crippen LogP contribution in [-0.4, -0.2) is 9.53 Å². The molecule has 0 fully saturated rings. The van der Waals surface area contributed by atoms with Crippen LogP contribution in [-0.2, 0) is 0 Å². The van der Waals surface area contributed by atoms with Crippen molar-refractivity contribution in [2.75, 3.05) is 5.73 Å². The van der Waals surface area contributed by atoms with Gasteiger partial charge in [0.1, 0.15) is 0 Å². The Kier molecular flexibility index (Phi) is 1.72. The first kappa shape index (κ1) is 8.43. The number of hydrogen-bond acceptors (Lipinski definition) is 5. The molecule has 0 radical (unpaired) electrons. The molecule has 4 nitrogen and oxygen atoms in total. The second kappa shape index (κ2) is 3.06. The van der Waals surface area contributed by atoms with Gasteiger partial charge in [-0.2, -0.15) is 4.37 Å². The number of rotatable bonds is 1. The van der Waals surface area contributed by atoms with Gasteiger partial charge in [-0.05, 0) is 11.5 Å². The van der Waals surface area contributed by atoms with Crippen LogP contribution in [0, 0.1) is 0 Å². The highest BCUT2D eigenvalue weighted by Gasteiger charge is 2.11. The lowest BCUT2D eigenvalue weighted by atomic mass is 10.1. The summed E-state index contributed by atoms with van der Waals surface area (Å²) >= 11 is 1.45. The van der Waals surface area contributed by atoms with Gasteiger partial charge in [-0.15, -0.1) is 0 Å². The average molecular weight is 217 g/mol. The first-order valence-electron chi connectivity index (χ1n) is 4.40. The molecule has 1 aromatic carbocycles. The van der Waals surface area contributed by atoms with E-state index in [2.05, 4.69) is 9.53 Å². The number of anilines is 1. The molecule has 2 heterocycles. The van der Waals surface area contributed by atoms with E-state index in [1.165, 1.54) is 11.5 Å². The minimum atomic E-state index is 0.343. The summed E-state index contributed by atoms with van der Waals surface area (Å²) in [5.74, 6) is 0.343. The monoisotopic (exact) mass is 217 g/mol. The van der Waals surface area contributed by atoms with Crippen LogP contribution in [0.2, 0.25) is 0 Å². The Morgan fingerprint density at radius 3 is 2.93 bits per heavy atom. The number of nitrogen functional groups attached to an aromatic ring is 1. The van der Waals surface area contributed by atoms with Gasteiger partial charge in [0.05, 0.1) is 16.5 Å². The van der Waals surface area contributed by atoms with Gasteiger partial charge in [0.15, 0.2) is 0 Å². The van der Waals surface area contributed by atoms with Crippen molar-refractivity contribution in [2.24, 2.45) is 0 Å². The number of nitrogens with zero attached hydrogens (tertiary/aromatic N) is 2. The molecule has 0 bridgehead atoms. The van der Waals surface area contributed by atoms with E-state index in [1.54, 1.807) is 6.20 Å². The van der Waals surface area contributed by atoms with E-state index in [0.29, 0.717) is 5.88 Å². The lowest BCUT2D eigenvalue weighted by Gasteiger charge is -1.98. The lowest BCUT2D eigenvalue weighted by molar-refractivity contribution is 0.436. The third kappa shape index (κ3) is 1.20. The van der Waals surface area contributed by atoms with Crippen molar-refractivity contribution < 1.29 is 4.52 Å². The molecule has 0 spiro atoms. The molecular formula is C10H7N3OS. The van der Waals surface area contributed by atoms with Crippen molar-refractivity contribution >= 4 is 27.5 Å². The zero-order chi connectivity index (χ0) is 10.3. The highest BCUT2D eigenvalue weighted by Crippen LogP contribution is 2.33. The highest BCUT2D eigenvalue weighted by atomic mass is 32.1. The molecule has 5 heteroatoms. The fourth-order valence-corrected chi connectivity index (χ4v) is 2.33. The number of nitrogens with two attached hydrogens (primary N) is 1. The molecule has 0 aliphatic rings. The molecule has 0 saturated carbocycles. The van der Waals surface area contributed by atoms with Gasteiger partial charge in [-0.25, -0.2) is 0 Å². The lowest BCUT2D eigenvalue weighted by Crippen LogP contribution is -1.84. The van der Waals surface area contributed by atoms with Crippen molar-refractivity contribution in [3.8, 4) is 11.1 Å². The Morgan fingerprint density at radius 2 is 2.13 bits per heavy atom. The smallest absolute Gasteiger partial charge is 0.230 e. The van der Waals surface area contributed by atoms with Crippen LogP contribution < -0.4 is 5.73 Å². The van der Waals surface area contributed by atoms with E-state index < -0.39 is 0 Å². The van der Waals surface area contributed by atoms with Gasteiger partial charge in [-0.3, -0.25) is 0 Å². The Balaban J connectivity index is 2.36. The largest absolute Gasteiger partial charge is 0.367 e. The summed E-state index contributed by atoms with van der Waals surface area (Å²) in [5.41, 5.74) is 7.53. The molecule has 0 unspecified atom stereocenters. The number of benzene rings is 1. The molecule has 3 rings (SSSR count). The van der Waals surface area contributed by atoms with Crippen LogP contribution >= 0.6 is 11.5 Å².